The SMILES string of the molecule is CC1C=CC(C(N)C(=O)O)CC1C. The van der Waals surface area contributed by atoms with Gasteiger partial charge in [-0.1, -0.05) is 26.0 Å². The molecular formula is C10H17NO2. The van der Waals surface area contributed by atoms with Crippen LogP contribution in [0, 0.1) is 17.8 Å². The maximum atomic E-state index is 10.6. The number of hydrogen-bond donors (Lipinski definition) is 2. The maximum Gasteiger partial charge on any atom is 0.321 e. The third kappa shape index (κ3) is 2.31. The predicted octanol–water partition coefficient (Wildman–Crippen LogP) is 1.25. The molecule has 0 aliphatic heterocycles. The number of aliphatic carboxylic acids is 1. The number of nitrogens with two attached hydrogens (primary N) is 1. The smallest absolute Gasteiger partial charge is 0.321 e. The normalized spacial score (nSPS) is 35.8. The van der Waals surface area contributed by atoms with Gasteiger partial charge >= 0.3 is 5.97 Å². The average Bonchev–Trinajstić information content (AvgIpc) is 2.08. The molecule has 0 saturated carbocycles. The highest BCUT2D eigenvalue weighted by Crippen LogP contribution is 2.28. The molecule has 4 unspecified atom stereocenters. The van der Waals surface area contributed by atoms with Crippen molar-refractivity contribution in [2.24, 2.45) is 23.5 Å². The summed E-state index contributed by atoms with van der Waals surface area (Å²) in [5.74, 6) is 0.165. The maximum absolute atomic E-state index is 10.6. The molecule has 13 heavy (non-hydrogen) atoms. The Morgan fingerprint density at radius 3 is 2.62 bits per heavy atom. The molecule has 0 aromatic heterocycles. The average molecular weight is 183 g/mol. The minimum Gasteiger partial charge on any atom is -0.480 e. The van der Waals surface area contributed by atoms with Gasteiger partial charge in [0.05, 0.1) is 0 Å². The van der Waals surface area contributed by atoms with Crippen molar-refractivity contribution < 1.29 is 9.90 Å². The predicted molar refractivity (Wildman–Crippen MR) is 51.2 cm³/mol. The van der Waals surface area contributed by atoms with Gasteiger partial charge in [0.1, 0.15) is 6.04 Å². The van der Waals surface area contributed by atoms with E-state index in [4.69, 9.17) is 10.8 Å². The first-order chi connectivity index (χ1) is 6.02. The quantitative estimate of drug-likeness (QED) is 0.633. The van der Waals surface area contributed by atoms with Crippen molar-refractivity contribution in [3.05, 3.63) is 12.2 Å². The van der Waals surface area contributed by atoms with Gasteiger partial charge in [-0.2, -0.15) is 0 Å². The number of carbonyl (C=O) groups is 1. The van der Waals surface area contributed by atoms with Gasteiger partial charge in [0, 0.05) is 5.92 Å². The molecule has 0 bridgehead atoms. The van der Waals surface area contributed by atoms with Crippen molar-refractivity contribution in [3.8, 4) is 0 Å². The molecule has 3 N–H and O–H groups in total. The highest BCUT2D eigenvalue weighted by Gasteiger charge is 2.27. The van der Waals surface area contributed by atoms with E-state index in [1.165, 1.54) is 0 Å². The van der Waals surface area contributed by atoms with Gasteiger partial charge in [0.2, 0.25) is 0 Å². The summed E-state index contributed by atoms with van der Waals surface area (Å²) in [6.45, 7) is 4.28. The third-order valence-corrected chi connectivity index (χ3v) is 2.95. The fraction of sp³-hybridized carbons (Fsp3) is 0.700. The molecule has 4 atom stereocenters. The van der Waals surface area contributed by atoms with Gasteiger partial charge in [-0.3, -0.25) is 4.79 Å². The highest BCUT2D eigenvalue weighted by atomic mass is 16.4. The van der Waals surface area contributed by atoms with Gasteiger partial charge in [-0.05, 0) is 18.3 Å². The molecule has 1 rings (SSSR count). The topological polar surface area (TPSA) is 63.3 Å². The van der Waals surface area contributed by atoms with Gasteiger partial charge < -0.3 is 10.8 Å². The lowest BCUT2D eigenvalue weighted by Gasteiger charge is -2.28. The van der Waals surface area contributed by atoms with Crippen molar-refractivity contribution in [1.29, 1.82) is 0 Å². The Bertz CT molecular complexity index is 225. The molecule has 1 aliphatic carbocycles. The summed E-state index contributed by atoms with van der Waals surface area (Å²) in [4.78, 5) is 10.6. The number of carboxylic acids is 1. The zero-order chi connectivity index (χ0) is 10.0. The molecule has 3 heteroatoms. The summed E-state index contributed by atoms with van der Waals surface area (Å²) in [5.41, 5.74) is 5.55. The van der Waals surface area contributed by atoms with Crippen LogP contribution in [0.25, 0.3) is 0 Å². The number of hydrogen-bond acceptors (Lipinski definition) is 2. The zero-order valence-corrected chi connectivity index (χ0v) is 8.10. The van der Waals surface area contributed by atoms with Crippen LogP contribution < -0.4 is 5.73 Å². The van der Waals surface area contributed by atoms with Crippen LogP contribution in [0.1, 0.15) is 20.3 Å². The molecule has 0 aromatic carbocycles. The summed E-state index contributed by atoms with van der Waals surface area (Å²) in [6, 6.07) is -0.744. The lowest BCUT2D eigenvalue weighted by atomic mass is 9.78. The van der Waals surface area contributed by atoms with Crippen LogP contribution in [0.5, 0.6) is 0 Å². The molecule has 0 aromatic rings. The number of allylic oxidation sites excluding steroid dienone is 1. The van der Waals surface area contributed by atoms with E-state index in [9.17, 15) is 4.79 Å². The van der Waals surface area contributed by atoms with Crippen LogP contribution in [0.15, 0.2) is 12.2 Å². The van der Waals surface area contributed by atoms with E-state index in [1.54, 1.807) is 0 Å². The van der Waals surface area contributed by atoms with E-state index in [-0.39, 0.29) is 5.92 Å². The number of carboxylic acid groups (broad SMARTS) is 1. The van der Waals surface area contributed by atoms with Crippen LogP contribution in [-0.4, -0.2) is 17.1 Å². The second-order valence-corrected chi connectivity index (χ2v) is 3.98. The molecule has 0 radical (unpaired) electrons. The van der Waals surface area contributed by atoms with Crippen molar-refractivity contribution in [2.45, 2.75) is 26.3 Å². The molecule has 0 amide bonds. The van der Waals surface area contributed by atoms with Gasteiger partial charge in [-0.25, -0.2) is 0 Å². The van der Waals surface area contributed by atoms with Crippen molar-refractivity contribution in [3.63, 3.8) is 0 Å². The molecule has 74 valence electrons. The monoisotopic (exact) mass is 183 g/mol. The second kappa shape index (κ2) is 3.92. The lowest BCUT2D eigenvalue weighted by Crippen LogP contribution is -2.39. The van der Waals surface area contributed by atoms with Crippen LogP contribution in [0.3, 0.4) is 0 Å². The van der Waals surface area contributed by atoms with Crippen LogP contribution in [0.4, 0.5) is 0 Å². The first-order valence-corrected chi connectivity index (χ1v) is 4.69. The second-order valence-electron chi connectivity index (χ2n) is 3.98. The van der Waals surface area contributed by atoms with E-state index in [2.05, 4.69) is 19.9 Å². The molecule has 0 fully saturated rings. The van der Waals surface area contributed by atoms with Crippen LogP contribution in [0.2, 0.25) is 0 Å². The van der Waals surface area contributed by atoms with E-state index in [0.29, 0.717) is 11.8 Å². The standard InChI is InChI=1S/C10H17NO2/c1-6-3-4-8(5-7(6)2)9(11)10(12)13/h3-4,6-9H,5,11H2,1-2H3,(H,12,13). The first kappa shape index (κ1) is 10.3. The minimum atomic E-state index is -0.906. The molecule has 0 heterocycles. The molecular weight excluding hydrogens is 166 g/mol. The van der Waals surface area contributed by atoms with Crippen LogP contribution >= 0.6 is 0 Å². The van der Waals surface area contributed by atoms with Gasteiger partial charge in [0.15, 0.2) is 0 Å². The summed E-state index contributed by atoms with van der Waals surface area (Å²) >= 11 is 0. The Labute approximate surface area is 78.6 Å². The Morgan fingerprint density at radius 2 is 2.15 bits per heavy atom. The lowest BCUT2D eigenvalue weighted by molar-refractivity contribution is -0.139. The summed E-state index contributed by atoms with van der Waals surface area (Å²) < 4.78 is 0. The Kier molecular flexibility index (Phi) is 3.09. The fourth-order valence-corrected chi connectivity index (χ4v) is 1.68. The summed E-state index contributed by atoms with van der Waals surface area (Å²) in [5, 5.41) is 8.73. The van der Waals surface area contributed by atoms with Crippen molar-refractivity contribution in [1.82, 2.24) is 0 Å². The Morgan fingerprint density at radius 1 is 1.54 bits per heavy atom. The Hall–Kier alpha value is -0.830. The molecule has 0 saturated heterocycles. The van der Waals surface area contributed by atoms with Gasteiger partial charge in [0.25, 0.3) is 0 Å². The fourth-order valence-electron chi connectivity index (χ4n) is 1.68. The summed E-state index contributed by atoms with van der Waals surface area (Å²) in [7, 11) is 0. The van der Waals surface area contributed by atoms with E-state index < -0.39 is 12.0 Å². The number of rotatable bonds is 2. The summed E-state index contributed by atoms with van der Waals surface area (Å²) in [6.07, 6.45) is 4.90. The minimum absolute atomic E-state index is 0.00343. The molecule has 3 nitrogen and oxygen atoms in total. The highest BCUT2D eigenvalue weighted by molar-refractivity contribution is 5.73. The largest absolute Gasteiger partial charge is 0.480 e. The van der Waals surface area contributed by atoms with Crippen LogP contribution in [-0.2, 0) is 4.79 Å². The van der Waals surface area contributed by atoms with E-state index in [1.807, 2.05) is 6.08 Å². The van der Waals surface area contributed by atoms with E-state index in [0.717, 1.165) is 6.42 Å². The Balaban J connectivity index is 2.64. The third-order valence-electron chi connectivity index (χ3n) is 2.95. The van der Waals surface area contributed by atoms with Crippen molar-refractivity contribution >= 4 is 5.97 Å². The van der Waals surface area contributed by atoms with Gasteiger partial charge in [-0.15, -0.1) is 0 Å². The first-order valence-electron chi connectivity index (χ1n) is 4.69. The van der Waals surface area contributed by atoms with Crippen molar-refractivity contribution in [2.75, 3.05) is 0 Å². The van der Waals surface area contributed by atoms with E-state index >= 15 is 0 Å². The molecule has 1 aliphatic rings. The zero-order valence-electron chi connectivity index (χ0n) is 8.10. The molecule has 0 spiro atoms.